The topological polar surface area (TPSA) is 77.0 Å². The zero-order valence-corrected chi connectivity index (χ0v) is 15.0. The summed E-state index contributed by atoms with van der Waals surface area (Å²) in [6.07, 6.45) is 8.85. The normalized spacial score (nSPS) is 27.2. The van der Waals surface area contributed by atoms with Gasteiger partial charge in [0.25, 0.3) is 0 Å². The molecule has 1 aliphatic carbocycles. The molecule has 1 saturated carbocycles. The number of hydrogen-bond acceptors (Lipinski definition) is 4. The van der Waals surface area contributed by atoms with Crippen LogP contribution in [0.4, 0.5) is 0 Å². The lowest BCUT2D eigenvalue weighted by molar-refractivity contribution is -0.138. The molecule has 0 aromatic carbocycles. The first kappa shape index (κ1) is 20.2. The lowest BCUT2D eigenvalue weighted by Gasteiger charge is -2.35. The molecule has 6 nitrogen and oxygen atoms in total. The second-order valence-corrected chi connectivity index (χ2v) is 6.44. The van der Waals surface area contributed by atoms with Crippen molar-refractivity contribution >= 4 is 30.7 Å². The summed E-state index contributed by atoms with van der Waals surface area (Å²) in [6.45, 7) is 3.26. The van der Waals surface area contributed by atoms with Crippen LogP contribution >= 0.6 is 24.8 Å². The Hall–Kier alpha value is -0.850. The highest BCUT2D eigenvalue weighted by molar-refractivity contribution is 5.85. The zero-order chi connectivity index (χ0) is 14.7. The number of hydrogen-bond donors (Lipinski definition) is 1. The Labute approximate surface area is 150 Å². The summed E-state index contributed by atoms with van der Waals surface area (Å²) in [4.78, 5) is 18.8. The van der Waals surface area contributed by atoms with E-state index < -0.39 is 0 Å². The van der Waals surface area contributed by atoms with Gasteiger partial charge in [-0.2, -0.15) is 5.10 Å². The average Bonchev–Trinajstić information content (AvgIpc) is 3.17. The molecule has 132 valence electrons. The van der Waals surface area contributed by atoms with Crippen molar-refractivity contribution in [2.24, 2.45) is 23.5 Å². The minimum absolute atomic E-state index is 0. The second kappa shape index (κ2) is 9.45. The fraction of sp³-hybridized carbons (Fsp3) is 0.800. The van der Waals surface area contributed by atoms with Crippen LogP contribution in [0.1, 0.15) is 32.1 Å². The standard InChI is InChI=1S/C15H25N5O.2ClH/c16-7-13-4-1-5-14(13)15(21)19-6-2-3-12(8-19)9-20-11-17-10-18-20;;/h10-14H,1-9,16H2;2*1H/t12?,13-,14-;;/m1../s1. The van der Waals surface area contributed by atoms with Crippen molar-refractivity contribution in [3.8, 4) is 0 Å². The number of carbonyl (C=O) groups excluding carboxylic acids is 1. The van der Waals surface area contributed by atoms with Gasteiger partial charge in [0.15, 0.2) is 0 Å². The number of amides is 1. The monoisotopic (exact) mass is 363 g/mol. The van der Waals surface area contributed by atoms with Gasteiger partial charge in [-0.1, -0.05) is 6.42 Å². The summed E-state index contributed by atoms with van der Waals surface area (Å²) in [5, 5.41) is 4.17. The third-order valence-electron chi connectivity index (χ3n) is 5.02. The fourth-order valence-electron chi connectivity index (χ4n) is 3.88. The van der Waals surface area contributed by atoms with Crippen LogP contribution in [0, 0.1) is 17.8 Å². The van der Waals surface area contributed by atoms with Crippen LogP contribution in [0.5, 0.6) is 0 Å². The van der Waals surface area contributed by atoms with Crippen LogP contribution in [0.25, 0.3) is 0 Å². The quantitative estimate of drug-likeness (QED) is 0.883. The van der Waals surface area contributed by atoms with Crippen molar-refractivity contribution < 1.29 is 4.79 Å². The molecule has 1 aromatic rings. The van der Waals surface area contributed by atoms with Crippen molar-refractivity contribution in [3.63, 3.8) is 0 Å². The number of nitrogens with zero attached hydrogens (tertiary/aromatic N) is 4. The van der Waals surface area contributed by atoms with E-state index in [0.29, 0.717) is 24.3 Å². The minimum Gasteiger partial charge on any atom is -0.342 e. The molecule has 2 aliphatic rings. The summed E-state index contributed by atoms with van der Waals surface area (Å²) in [5.41, 5.74) is 5.82. The highest BCUT2D eigenvalue weighted by Crippen LogP contribution is 2.33. The van der Waals surface area contributed by atoms with Gasteiger partial charge in [-0.15, -0.1) is 24.8 Å². The highest BCUT2D eigenvalue weighted by Gasteiger charge is 2.36. The first-order valence-electron chi connectivity index (χ1n) is 8.09. The maximum Gasteiger partial charge on any atom is 0.226 e. The molecule has 2 heterocycles. The van der Waals surface area contributed by atoms with Gasteiger partial charge in [0.2, 0.25) is 5.91 Å². The number of piperidine rings is 1. The molecule has 3 rings (SSSR count). The first-order chi connectivity index (χ1) is 10.3. The SMILES string of the molecule is Cl.Cl.NC[C@H]1CCC[C@H]1C(=O)N1CCCC(Cn2cncn2)C1. The first-order valence-corrected chi connectivity index (χ1v) is 8.09. The van der Waals surface area contributed by atoms with Crippen molar-refractivity contribution in [3.05, 3.63) is 12.7 Å². The third-order valence-corrected chi connectivity index (χ3v) is 5.02. The maximum absolute atomic E-state index is 12.8. The Balaban J connectivity index is 0.00000132. The molecular formula is C15H27Cl2N5O. The molecular weight excluding hydrogens is 337 g/mol. The smallest absolute Gasteiger partial charge is 0.226 e. The lowest BCUT2D eigenvalue weighted by atomic mass is 9.92. The van der Waals surface area contributed by atoms with E-state index in [2.05, 4.69) is 15.0 Å². The zero-order valence-electron chi connectivity index (χ0n) is 13.3. The van der Waals surface area contributed by atoms with Gasteiger partial charge in [0.05, 0.1) is 0 Å². The van der Waals surface area contributed by atoms with Crippen molar-refractivity contribution in [2.75, 3.05) is 19.6 Å². The van der Waals surface area contributed by atoms with E-state index in [4.69, 9.17) is 5.73 Å². The van der Waals surface area contributed by atoms with Crippen molar-refractivity contribution in [1.82, 2.24) is 19.7 Å². The Morgan fingerprint density at radius 2 is 2.04 bits per heavy atom. The maximum atomic E-state index is 12.8. The van der Waals surface area contributed by atoms with Gasteiger partial charge >= 0.3 is 0 Å². The van der Waals surface area contributed by atoms with E-state index in [-0.39, 0.29) is 30.7 Å². The van der Waals surface area contributed by atoms with E-state index in [9.17, 15) is 4.79 Å². The molecule has 1 saturated heterocycles. The predicted octanol–water partition coefficient (Wildman–Crippen LogP) is 1.74. The number of rotatable bonds is 4. The number of carbonyl (C=O) groups is 1. The summed E-state index contributed by atoms with van der Waals surface area (Å²) in [7, 11) is 0. The number of aromatic nitrogens is 3. The molecule has 1 amide bonds. The van der Waals surface area contributed by atoms with Crippen LogP contribution in [-0.2, 0) is 11.3 Å². The summed E-state index contributed by atoms with van der Waals surface area (Å²) in [5.74, 6) is 1.39. The number of likely N-dealkylation sites (tertiary alicyclic amines) is 1. The molecule has 0 spiro atoms. The molecule has 8 heteroatoms. The van der Waals surface area contributed by atoms with Gasteiger partial charge in [-0.05, 0) is 44.1 Å². The van der Waals surface area contributed by atoms with E-state index in [1.54, 1.807) is 12.7 Å². The average molecular weight is 364 g/mol. The fourth-order valence-corrected chi connectivity index (χ4v) is 3.88. The number of nitrogens with two attached hydrogens (primary N) is 1. The van der Waals surface area contributed by atoms with Gasteiger partial charge < -0.3 is 10.6 Å². The molecule has 1 aliphatic heterocycles. The van der Waals surface area contributed by atoms with Crippen LogP contribution in [0.3, 0.4) is 0 Å². The van der Waals surface area contributed by atoms with Gasteiger partial charge in [-0.25, -0.2) is 4.98 Å². The largest absolute Gasteiger partial charge is 0.342 e. The summed E-state index contributed by atoms with van der Waals surface area (Å²) < 4.78 is 1.87. The van der Waals surface area contributed by atoms with E-state index in [0.717, 1.165) is 51.7 Å². The summed E-state index contributed by atoms with van der Waals surface area (Å²) >= 11 is 0. The minimum atomic E-state index is 0. The molecule has 2 N–H and O–H groups in total. The van der Waals surface area contributed by atoms with E-state index in [1.165, 1.54) is 0 Å². The van der Waals surface area contributed by atoms with Crippen molar-refractivity contribution in [1.29, 1.82) is 0 Å². The molecule has 0 radical (unpaired) electrons. The molecule has 3 atom stereocenters. The van der Waals surface area contributed by atoms with Crippen molar-refractivity contribution in [2.45, 2.75) is 38.6 Å². The van der Waals surface area contributed by atoms with Gasteiger partial charge in [0.1, 0.15) is 12.7 Å². The Morgan fingerprint density at radius 3 is 2.74 bits per heavy atom. The van der Waals surface area contributed by atoms with Gasteiger partial charge in [-0.3, -0.25) is 9.48 Å². The molecule has 1 aromatic heterocycles. The lowest BCUT2D eigenvalue weighted by Crippen LogP contribution is -2.45. The number of halogens is 2. The van der Waals surface area contributed by atoms with Gasteiger partial charge in [0, 0.05) is 25.6 Å². The van der Waals surface area contributed by atoms with E-state index >= 15 is 0 Å². The Morgan fingerprint density at radius 1 is 1.22 bits per heavy atom. The highest BCUT2D eigenvalue weighted by atomic mass is 35.5. The van der Waals surface area contributed by atoms with Crippen LogP contribution in [0.15, 0.2) is 12.7 Å². The second-order valence-electron chi connectivity index (χ2n) is 6.44. The molecule has 1 unspecified atom stereocenters. The predicted molar refractivity (Wildman–Crippen MR) is 93.7 cm³/mol. The molecule has 0 bridgehead atoms. The van der Waals surface area contributed by atoms with E-state index in [1.807, 2.05) is 4.68 Å². The third kappa shape index (κ3) is 4.81. The molecule has 2 fully saturated rings. The van der Waals surface area contributed by atoms with Crippen LogP contribution in [-0.4, -0.2) is 45.2 Å². The van der Waals surface area contributed by atoms with Crippen LogP contribution < -0.4 is 5.73 Å². The Bertz CT molecular complexity index is 470. The van der Waals surface area contributed by atoms with Crippen LogP contribution in [0.2, 0.25) is 0 Å². The summed E-state index contributed by atoms with van der Waals surface area (Å²) in [6, 6.07) is 0. The Kier molecular flexibility index (Phi) is 8.29. The molecule has 23 heavy (non-hydrogen) atoms.